The van der Waals surface area contributed by atoms with Crippen molar-refractivity contribution < 1.29 is 28.7 Å². The molecule has 28 heavy (non-hydrogen) atoms. The lowest BCUT2D eigenvalue weighted by atomic mass is 10.2. The summed E-state index contributed by atoms with van der Waals surface area (Å²) in [6.07, 6.45) is 1.82. The first-order chi connectivity index (χ1) is 13.4. The minimum Gasteiger partial charge on any atom is -0.539 e. The fraction of sp³-hybridized carbons (Fsp3) is 0.389. The van der Waals surface area contributed by atoms with E-state index in [1.807, 2.05) is 4.90 Å². The van der Waals surface area contributed by atoms with Crippen molar-refractivity contribution in [1.29, 1.82) is 0 Å². The average Bonchev–Trinajstić information content (AvgIpc) is 3.40. The van der Waals surface area contributed by atoms with Gasteiger partial charge in [-0.15, -0.1) is 0 Å². The second kappa shape index (κ2) is 6.71. The van der Waals surface area contributed by atoms with Crippen LogP contribution < -0.4 is 20.4 Å². The van der Waals surface area contributed by atoms with E-state index < -0.39 is 17.9 Å². The third-order valence-corrected chi connectivity index (χ3v) is 5.15. The Morgan fingerprint density at radius 1 is 1.36 bits per heavy atom. The minimum atomic E-state index is -0.662. The Labute approximate surface area is 160 Å². The van der Waals surface area contributed by atoms with Crippen LogP contribution in [0.15, 0.2) is 28.8 Å². The van der Waals surface area contributed by atoms with Gasteiger partial charge in [-0.2, -0.15) is 0 Å². The van der Waals surface area contributed by atoms with E-state index in [-0.39, 0.29) is 30.8 Å². The molecule has 10 nitrogen and oxygen atoms in total. The lowest BCUT2D eigenvalue weighted by Crippen LogP contribution is -2.46. The predicted molar refractivity (Wildman–Crippen MR) is 91.5 cm³/mol. The van der Waals surface area contributed by atoms with E-state index in [9.17, 15) is 19.5 Å². The number of carbonyl (C=O) groups is 3. The van der Waals surface area contributed by atoms with Crippen molar-refractivity contribution in [3.63, 3.8) is 0 Å². The molecule has 2 aliphatic rings. The van der Waals surface area contributed by atoms with E-state index in [0.29, 0.717) is 16.9 Å². The van der Waals surface area contributed by atoms with Gasteiger partial charge in [0.2, 0.25) is 17.5 Å². The molecule has 1 saturated heterocycles. The Morgan fingerprint density at radius 2 is 2.04 bits per heavy atom. The summed E-state index contributed by atoms with van der Waals surface area (Å²) in [5, 5.41) is 15.5. The summed E-state index contributed by atoms with van der Waals surface area (Å²) >= 11 is 0. The van der Waals surface area contributed by atoms with Crippen molar-refractivity contribution in [1.82, 2.24) is 10.2 Å². The highest BCUT2D eigenvalue weighted by atomic mass is 16.6. The molecule has 1 aromatic heterocycles. The van der Waals surface area contributed by atoms with Gasteiger partial charge in [-0.1, -0.05) is 4.68 Å². The predicted octanol–water partition coefficient (Wildman–Crippen LogP) is -1.03. The van der Waals surface area contributed by atoms with Crippen molar-refractivity contribution in [3.05, 3.63) is 35.5 Å². The largest absolute Gasteiger partial charge is 0.539 e. The zero-order valence-corrected chi connectivity index (χ0v) is 15.2. The highest BCUT2D eigenvalue weighted by Crippen LogP contribution is 2.35. The Hall–Kier alpha value is -3.27. The number of amides is 3. The number of anilines is 1. The average molecular weight is 385 g/mol. The molecule has 2 aromatic rings. The van der Waals surface area contributed by atoms with Gasteiger partial charge >= 0.3 is 0 Å². The van der Waals surface area contributed by atoms with Gasteiger partial charge in [0, 0.05) is 11.6 Å². The quantitative estimate of drug-likeness (QED) is 0.496. The minimum absolute atomic E-state index is 0.0239. The van der Waals surface area contributed by atoms with Crippen molar-refractivity contribution in [2.75, 3.05) is 4.90 Å². The van der Waals surface area contributed by atoms with Crippen LogP contribution in [0.1, 0.15) is 35.3 Å². The summed E-state index contributed by atoms with van der Waals surface area (Å²) < 4.78 is 6.01. The van der Waals surface area contributed by atoms with Crippen molar-refractivity contribution in [2.24, 2.45) is 12.8 Å². The Bertz CT molecular complexity index is 930. The van der Waals surface area contributed by atoms with E-state index in [1.165, 1.54) is 28.9 Å². The smallest absolute Gasteiger partial charge is 0.251 e. The van der Waals surface area contributed by atoms with Crippen molar-refractivity contribution in [2.45, 2.75) is 37.9 Å². The molecule has 3 amide bonds. The monoisotopic (exact) mass is 385 g/mol. The summed E-state index contributed by atoms with van der Waals surface area (Å²) in [7, 11) is 1.60. The maximum Gasteiger partial charge on any atom is 0.251 e. The number of carbonyl (C=O) groups excluding carboxylic acids is 3. The fourth-order valence-electron chi connectivity index (χ4n) is 3.49. The maximum absolute atomic E-state index is 13.1. The summed E-state index contributed by atoms with van der Waals surface area (Å²) in [5.74, 6) is -1.82. The number of primary amides is 1. The van der Waals surface area contributed by atoms with E-state index >= 15 is 0 Å². The zero-order valence-electron chi connectivity index (χ0n) is 15.2. The van der Waals surface area contributed by atoms with Crippen LogP contribution >= 0.6 is 0 Å². The molecular formula is C18H19N5O5. The van der Waals surface area contributed by atoms with Crippen LogP contribution in [0, 0.1) is 0 Å². The molecule has 1 saturated carbocycles. The number of benzene rings is 1. The molecule has 1 atom stereocenters. The molecule has 10 heteroatoms. The van der Waals surface area contributed by atoms with Crippen LogP contribution in [-0.2, 0) is 23.2 Å². The second-order valence-electron chi connectivity index (χ2n) is 7.03. The van der Waals surface area contributed by atoms with Gasteiger partial charge < -0.3 is 15.4 Å². The first kappa shape index (κ1) is 18.1. The first-order valence-electron chi connectivity index (χ1n) is 8.91. The van der Waals surface area contributed by atoms with Gasteiger partial charge in [-0.05, 0) is 37.1 Å². The molecule has 1 unspecified atom stereocenters. The van der Waals surface area contributed by atoms with Gasteiger partial charge in [-0.3, -0.25) is 19.3 Å². The van der Waals surface area contributed by atoms with Crippen LogP contribution in [0.4, 0.5) is 5.69 Å². The molecule has 2 fully saturated rings. The third kappa shape index (κ3) is 3.11. The Kier molecular flexibility index (Phi) is 4.34. The molecule has 2 N–H and O–H groups in total. The molecular weight excluding hydrogens is 366 g/mol. The molecule has 0 bridgehead atoms. The Balaban J connectivity index is 1.59. The fourth-order valence-corrected chi connectivity index (χ4v) is 3.49. The van der Waals surface area contributed by atoms with Gasteiger partial charge in [0.15, 0.2) is 13.0 Å². The van der Waals surface area contributed by atoms with Crippen molar-refractivity contribution in [3.8, 4) is 5.95 Å². The topological polar surface area (TPSA) is 137 Å². The number of nitrogens with zero attached hydrogens (tertiary/aromatic N) is 4. The van der Waals surface area contributed by atoms with Crippen LogP contribution in [0.5, 0.6) is 5.95 Å². The van der Waals surface area contributed by atoms with Crippen molar-refractivity contribution >= 4 is 23.4 Å². The number of nitrogens with two attached hydrogens (primary N) is 1. The second-order valence-corrected chi connectivity index (χ2v) is 7.03. The molecule has 1 aliphatic carbocycles. The van der Waals surface area contributed by atoms with E-state index in [4.69, 9.17) is 5.73 Å². The Morgan fingerprint density at radius 3 is 2.57 bits per heavy atom. The summed E-state index contributed by atoms with van der Waals surface area (Å²) in [4.78, 5) is 39.9. The van der Waals surface area contributed by atoms with Crippen LogP contribution in [0.3, 0.4) is 0 Å². The molecule has 1 aliphatic heterocycles. The van der Waals surface area contributed by atoms with Gasteiger partial charge in [0.25, 0.3) is 5.91 Å². The number of aryl methyl sites for hydroxylation is 1. The van der Waals surface area contributed by atoms with Gasteiger partial charge in [0.05, 0.1) is 30.0 Å². The standard InChI is InChI=1S/C18H19N5O5/c1-21-14(18(27)28-20-21)9-22(11-6-7-11)13-8-15(24)23(17(13)26)12-4-2-10(3-5-12)16(19)25/h2-5,11,13H,6-9H2,1H3,(H2-,19,20,25,27). The number of aromatic nitrogens is 2. The lowest BCUT2D eigenvalue weighted by Gasteiger charge is -2.25. The number of rotatable bonds is 6. The molecule has 0 spiro atoms. The highest BCUT2D eigenvalue weighted by Gasteiger charge is 2.47. The van der Waals surface area contributed by atoms with Gasteiger partial charge in [0.1, 0.15) is 0 Å². The molecule has 146 valence electrons. The first-order valence-corrected chi connectivity index (χ1v) is 8.91. The lowest BCUT2D eigenvalue weighted by molar-refractivity contribution is -0.747. The van der Waals surface area contributed by atoms with Gasteiger partial charge in [-0.25, -0.2) is 4.90 Å². The molecule has 1 aromatic carbocycles. The van der Waals surface area contributed by atoms with Crippen LogP contribution in [0.2, 0.25) is 0 Å². The number of hydrogen-bond acceptors (Lipinski definition) is 7. The summed E-state index contributed by atoms with van der Waals surface area (Å²) in [6.45, 7) is 0.182. The summed E-state index contributed by atoms with van der Waals surface area (Å²) in [6, 6.07) is 5.47. The van der Waals surface area contributed by atoms with Crippen LogP contribution in [-0.4, -0.2) is 40.0 Å². The highest BCUT2D eigenvalue weighted by molar-refractivity contribution is 6.22. The van der Waals surface area contributed by atoms with E-state index in [2.05, 4.69) is 9.79 Å². The molecule has 4 rings (SSSR count). The summed E-state index contributed by atoms with van der Waals surface area (Å²) in [5.41, 5.74) is 6.24. The zero-order chi connectivity index (χ0) is 20.0. The molecule has 2 heterocycles. The van der Waals surface area contributed by atoms with E-state index in [1.54, 1.807) is 7.05 Å². The number of imide groups is 1. The third-order valence-electron chi connectivity index (χ3n) is 5.15. The SMILES string of the molecule is C[n+]1noc([O-])c1CN(C1CC1)C1CC(=O)N(c2ccc(C(N)=O)cc2)C1=O. The molecule has 0 radical (unpaired) electrons. The van der Waals surface area contributed by atoms with Crippen LogP contribution in [0.25, 0.3) is 0 Å². The normalized spacial score (nSPS) is 19.6. The maximum atomic E-state index is 13.1. The van der Waals surface area contributed by atoms with E-state index in [0.717, 1.165) is 17.7 Å². The number of hydrogen-bond donors (Lipinski definition) is 1.